The lowest BCUT2D eigenvalue weighted by Crippen LogP contribution is -2.25. The van der Waals surface area contributed by atoms with Crippen molar-refractivity contribution in [2.45, 2.75) is 19.4 Å². The van der Waals surface area contributed by atoms with Crippen LogP contribution in [0.15, 0.2) is 54.6 Å². The molecule has 2 aromatic carbocycles. The molecule has 4 heteroatoms. The molecule has 0 aliphatic carbocycles. The third-order valence-electron chi connectivity index (χ3n) is 3.98. The second kappa shape index (κ2) is 7.90. The van der Waals surface area contributed by atoms with Gasteiger partial charge in [0.05, 0.1) is 5.92 Å². The van der Waals surface area contributed by atoms with Crippen molar-refractivity contribution in [1.29, 1.82) is 0 Å². The van der Waals surface area contributed by atoms with Crippen LogP contribution in [0.4, 0.5) is 0 Å². The van der Waals surface area contributed by atoms with Crippen LogP contribution < -0.4 is 0 Å². The topological polar surface area (TPSA) is 44.8 Å². The van der Waals surface area contributed by atoms with E-state index in [1.165, 1.54) is 5.56 Å². The molecule has 0 amide bonds. The Morgan fingerprint density at radius 3 is 2.30 bits per heavy atom. The van der Waals surface area contributed by atoms with Crippen LogP contribution in [0.3, 0.4) is 0 Å². The molecule has 0 spiro atoms. The van der Waals surface area contributed by atoms with E-state index in [1.807, 2.05) is 42.5 Å². The number of hydrogen-bond acceptors (Lipinski definition) is 4. The van der Waals surface area contributed by atoms with Crippen LogP contribution in [0.1, 0.15) is 18.4 Å². The zero-order chi connectivity index (χ0) is 15.9. The van der Waals surface area contributed by atoms with E-state index in [1.54, 1.807) is 0 Å². The first-order chi connectivity index (χ1) is 11.3. The fourth-order valence-corrected chi connectivity index (χ4v) is 2.58. The van der Waals surface area contributed by atoms with E-state index in [0.717, 1.165) is 11.1 Å². The second-order valence-corrected chi connectivity index (χ2v) is 5.61. The number of carbonyl (C=O) groups is 1. The van der Waals surface area contributed by atoms with Gasteiger partial charge in [-0.15, -0.1) is 0 Å². The summed E-state index contributed by atoms with van der Waals surface area (Å²) in [5, 5.41) is 0. The maximum absolute atomic E-state index is 11.8. The Morgan fingerprint density at radius 1 is 0.957 bits per heavy atom. The molecule has 0 unspecified atom stereocenters. The maximum atomic E-state index is 11.8. The third kappa shape index (κ3) is 4.41. The van der Waals surface area contributed by atoms with Gasteiger partial charge < -0.3 is 4.74 Å². The first-order valence-electron chi connectivity index (χ1n) is 7.88. The predicted octanol–water partition coefficient (Wildman–Crippen LogP) is 3.76. The van der Waals surface area contributed by atoms with Crippen molar-refractivity contribution in [3.05, 3.63) is 60.2 Å². The van der Waals surface area contributed by atoms with Crippen LogP contribution in [-0.2, 0) is 25.9 Å². The lowest BCUT2D eigenvalue weighted by molar-refractivity contribution is -0.284. The highest BCUT2D eigenvalue weighted by atomic mass is 17.2. The highest BCUT2D eigenvalue weighted by Crippen LogP contribution is 2.20. The summed E-state index contributed by atoms with van der Waals surface area (Å²) in [5.74, 6) is -0.404. The van der Waals surface area contributed by atoms with Gasteiger partial charge in [0.2, 0.25) is 0 Å². The van der Waals surface area contributed by atoms with Crippen molar-refractivity contribution in [1.82, 2.24) is 0 Å². The average Bonchev–Trinajstić information content (AvgIpc) is 2.64. The lowest BCUT2D eigenvalue weighted by Gasteiger charge is -2.19. The maximum Gasteiger partial charge on any atom is 0.345 e. The highest BCUT2D eigenvalue weighted by molar-refractivity contribution is 5.71. The van der Waals surface area contributed by atoms with Gasteiger partial charge in [0.25, 0.3) is 0 Å². The molecule has 3 rings (SSSR count). The molecule has 23 heavy (non-hydrogen) atoms. The molecule has 120 valence electrons. The van der Waals surface area contributed by atoms with Crippen LogP contribution in [0.5, 0.6) is 0 Å². The average molecular weight is 312 g/mol. The van der Waals surface area contributed by atoms with Gasteiger partial charge in [0, 0.05) is 13.2 Å². The first-order valence-corrected chi connectivity index (χ1v) is 7.88. The summed E-state index contributed by atoms with van der Waals surface area (Å²) in [6.45, 7) is 1.48. The van der Waals surface area contributed by atoms with Crippen LogP contribution >= 0.6 is 0 Å². The van der Waals surface area contributed by atoms with Crippen molar-refractivity contribution in [2.24, 2.45) is 5.92 Å². The molecular formula is C19H20O4. The summed E-state index contributed by atoms with van der Waals surface area (Å²) < 4.78 is 5.22. The molecule has 0 saturated carbocycles. The van der Waals surface area contributed by atoms with E-state index in [2.05, 4.69) is 12.1 Å². The summed E-state index contributed by atoms with van der Waals surface area (Å²) in [6, 6.07) is 18.2. The smallest absolute Gasteiger partial charge is 0.345 e. The molecule has 0 N–H and O–H groups in total. The van der Waals surface area contributed by atoms with E-state index < -0.39 is 0 Å². The minimum Gasteiger partial charge on any atom is -0.381 e. The van der Waals surface area contributed by atoms with E-state index in [0.29, 0.717) is 26.1 Å². The predicted molar refractivity (Wildman–Crippen MR) is 86.3 cm³/mol. The van der Waals surface area contributed by atoms with Crippen LogP contribution in [-0.4, -0.2) is 19.2 Å². The standard InChI is InChI=1S/C19H20O4/c20-19(18-10-12-21-13-11-18)23-22-14-15-6-8-17(9-7-15)16-4-2-1-3-5-16/h1-9,18H,10-14H2. The van der Waals surface area contributed by atoms with Crippen molar-refractivity contribution in [2.75, 3.05) is 13.2 Å². The number of carbonyl (C=O) groups excluding carboxylic acids is 1. The lowest BCUT2D eigenvalue weighted by atomic mass is 10.0. The van der Waals surface area contributed by atoms with Crippen molar-refractivity contribution >= 4 is 5.97 Å². The molecule has 0 atom stereocenters. The largest absolute Gasteiger partial charge is 0.381 e. The summed E-state index contributed by atoms with van der Waals surface area (Å²) >= 11 is 0. The Balaban J connectivity index is 1.48. The molecule has 2 aromatic rings. The summed E-state index contributed by atoms with van der Waals surface area (Å²) in [6.07, 6.45) is 1.40. The van der Waals surface area contributed by atoms with Gasteiger partial charge in [-0.3, -0.25) is 4.89 Å². The van der Waals surface area contributed by atoms with E-state index in [9.17, 15) is 4.79 Å². The Labute approximate surface area is 135 Å². The Kier molecular flexibility index (Phi) is 5.40. The van der Waals surface area contributed by atoms with Crippen LogP contribution in [0.25, 0.3) is 11.1 Å². The molecule has 0 bridgehead atoms. The highest BCUT2D eigenvalue weighted by Gasteiger charge is 2.23. The minimum absolute atomic E-state index is 0.107. The van der Waals surface area contributed by atoms with E-state index >= 15 is 0 Å². The first kappa shape index (κ1) is 15.7. The Bertz CT molecular complexity index is 616. The zero-order valence-electron chi connectivity index (χ0n) is 12.9. The van der Waals surface area contributed by atoms with Gasteiger partial charge in [0.1, 0.15) is 6.61 Å². The molecule has 4 nitrogen and oxygen atoms in total. The van der Waals surface area contributed by atoms with E-state index in [4.69, 9.17) is 14.5 Å². The number of ether oxygens (including phenoxy) is 1. The Morgan fingerprint density at radius 2 is 1.61 bits per heavy atom. The normalized spacial score (nSPS) is 15.3. The van der Waals surface area contributed by atoms with E-state index in [-0.39, 0.29) is 18.5 Å². The fraction of sp³-hybridized carbons (Fsp3) is 0.316. The molecule has 1 fully saturated rings. The number of benzene rings is 2. The minimum atomic E-state index is -0.297. The third-order valence-corrected chi connectivity index (χ3v) is 3.98. The monoisotopic (exact) mass is 312 g/mol. The molecule has 1 saturated heterocycles. The van der Waals surface area contributed by atoms with Crippen molar-refractivity contribution < 1.29 is 19.3 Å². The zero-order valence-corrected chi connectivity index (χ0v) is 12.9. The number of hydrogen-bond donors (Lipinski definition) is 0. The molecule has 1 aliphatic rings. The van der Waals surface area contributed by atoms with Gasteiger partial charge in [0.15, 0.2) is 0 Å². The summed E-state index contributed by atoms with van der Waals surface area (Å²) in [4.78, 5) is 21.8. The van der Waals surface area contributed by atoms with Gasteiger partial charge >= 0.3 is 5.97 Å². The van der Waals surface area contributed by atoms with Crippen LogP contribution in [0, 0.1) is 5.92 Å². The SMILES string of the molecule is O=C(OOCc1ccc(-c2ccccc2)cc1)C1CCOCC1. The van der Waals surface area contributed by atoms with Gasteiger partial charge in [-0.05, 0) is 29.5 Å². The molecule has 1 heterocycles. The molecular weight excluding hydrogens is 292 g/mol. The van der Waals surface area contributed by atoms with Crippen molar-refractivity contribution in [3.8, 4) is 11.1 Å². The van der Waals surface area contributed by atoms with Gasteiger partial charge in [-0.2, -0.15) is 4.89 Å². The molecule has 1 aliphatic heterocycles. The fourth-order valence-electron chi connectivity index (χ4n) is 2.58. The quantitative estimate of drug-likeness (QED) is 0.623. The van der Waals surface area contributed by atoms with Crippen molar-refractivity contribution in [3.63, 3.8) is 0 Å². The molecule has 0 radical (unpaired) electrons. The second-order valence-electron chi connectivity index (χ2n) is 5.61. The van der Waals surface area contributed by atoms with Crippen LogP contribution in [0.2, 0.25) is 0 Å². The summed E-state index contributed by atoms with van der Waals surface area (Å²) in [7, 11) is 0. The number of rotatable bonds is 5. The molecule has 0 aromatic heterocycles. The van der Waals surface area contributed by atoms with Gasteiger partial charge in [-0.25, -0.2) is 4.79 Å². The summed E-state index contributed by atoms with van der Waals surface area (Å²) in [5.41, 5.74) is 3.28. The van der Waals surface area contributed by atoms with Gasteiger partial charge in [-0.1, -0.05) is 54.6 Å². The Hall–Kier alpha value is -2.17.